The van der Waals surface area contributed by atoms with Crippen molar-refractivity contribution in [3.05, 3.63) is 56.1 Å². The maximum Gasteiger partial charge on any atom is 0.372 e. The van der Waals surface area contributed by atoms with Gasteiger partial charge in [-0.15, -0.1) is 0 Å². The quantitative estimate of drug-likeness (QED) is 0.381. The standard InChI is InChI=1S/C13H12N6O4S/c20-18(21)10-3-1-9(2-4-10)14-5-6-15-11-12(19(22)23)17-7-8-24-13(17)16-11/h1-4,7-8,14-15H,5-6H2. The third kappa shape index (κ3) is 3.10. The molecule has 0 spiro atoms. The van der Waals surface area contributed by atoms with Crippen molar-refractivity contribution in [1.82, 2.24) is 9.38 Å². The number of nitro groups is 2. The molecule has 3 rings (SSSR count). The lowest BCUT2D eigenvalue weighted by molar-refractivity contribution is -0.389. The number of benzene rings is 1. The molecule has 0 aliphatic carbocycles. The number of hydrogen-bond donors (Lipinski definition) is 2. The Morgan fingerprint density at radius 3 is 2.46 bits per heavy atom. The van der Waals surface area contributed by atoms with Gasteiger partial charge in [-0.2, -0.15) is 9.38 Å². The van der Waals surface area contributed by atoms with E-state index in [9.17, 15) is 20.2 Å². The average Bonchev–Trinajstić information content (AvgIpc) is 3.12. The number of rotatable bonds is 7. The lowest BCUT2D eigenvalue weighted by Crippen LogP contribution is -2.14. The van der Waals surface area contributed by atoms with Crippen LogP contribution >= 0.6 is 11.3 Å². The predicted octanol–water partition coefficient (Wildman–Crippen LogP) is 2.74. The highest BCUT2D eigenvalue weighted by Crippen LogP contribution is 2.27. The zero-order valence-electron chi connectivity index (χ0n) is 12.2. The fraction of sp³-hybridized carbons (Fsp3) is 0.154. The van der Waals surface area contributed by atoms with E-state index in [1.165, 1.54) is 27.9 Å². The van der Waals surface area contributed by atoms with Gasteiger partial charge in [-0.1, -0.05) is 11.3 Å². The van der Waals surface area contributed by atoms with Gasteiger partial charge in [-0.25, -0.2) is 0 Å². The Kier molecular flexibility index (Phi) is 4.24. The van der Waals surface area contributed by atoms with Crippen LogP contribution in [-0.4, -0.2) is 32.3 Å². The van der Waals surface area contributed by atoms with E-state index in [1.807, 2.05) is 0 Å². The smallest absolute Gasteiger partial charge is 0.372 e. The minimum Gasteiger partial charge on any atom is -0.383 e. The van der Waals surface area contributed by atoms with Gasteiger partial charge in [0.05, 0.1) is 4.92 Å². The molecule has 0 fully saturated rings. The molecule has 2 heterocycles. The van der Waals surface area contributed by atoms with Crippen LogP contribution in [0.25, 0.3) is 4.96 Å². The van der Waals surface area contributed by atoms with Crippen LogP contribution in [0.4, 0.5) is 23.0 Å². The first-order valence-corrected chi connectivity index (χ1v) is 7.76. The Labute approximate surface area is 139 Å². The highest BCUT2D eigenvalue weighted by Gasteiger charge is 2.22. The second kappa shape index (κ2) is 6.50. The van der Waals surface area contributed by atoms with Crippen molar-refractivity contribution in [2.45, 2.75) is 0 Å². The summed E-state index contributed by atoms with van der Waals surface area (Å²) >= 11 is 1.32. The van der Waals surface area contributed by atoms with Crippen molar-refractivity contribution in [2.24, 2.45) is 0 Å². The summed E-state index contributed by atoms with van der Waals surface area (Å²) in [6, 6.07) is 6.02. The molecule has 1 aromatic carbocycles. The number of imidazole rings is 1. The summed E-state index contributed by atoms with van der Waals surface area (Å²) in [7, 11) is 0. The van der Waals surface area contributed by atoms with Crippen molar-refractivity contribution >= 4 is 39.3 Å². The highest BCUT2D eigenvalue weighted by atomic mass is 32.1. The van der Waals surface area contributed by atoms with E-state index in [4.69, 9.17) is 0 Å². The molecule has 0 aliphatic rings. The van der Waals surface area contributed by atoms with Crippen LogP contribution in [0.2, 0.25) is 0 Å². The first-order valence-electron chi connectivity index (χ1n) is 6.88. The summed E-state index contributed by atoms with van der Waals surface area (Å²) < 4.78 is 1.43. The zero-order chi connectivity index (χ0) is 17.1. The Balaban J connectivity index is 1.58. The van der Waals surface area contributed by atoms with Gasteiger partial charge in [0.2, 0.25) is 5.82 Å². The lowest BCUT2D eigenvalue weighted by Gasteiger charge is -2.07. The first-order chi connectivity index (χ1) is 11.6. The molecule has 0 amide bonds. The van der Waals surface area contributed by atoms with E-state index in [2.05, 4.69) is 15.6 Å². The van der Waals surface area contributed by atoms with Gasteiger partial charge in [0, 0.05) is 36.3 Å². The van der Waals surface area contributed by atoms with Gasteiger partial charge >= 0.3 is 5.82 Å². The molecular weight excluding hydrogens is 336 g/mol. The summed E-state index contributed by atoms with van der Waals surface area (Å²) in [4.78, 5) is 25.6. The third-order valence-corrected chi connectivity index (χ3v) is 3.99. The van der Waals surface area contributed by atoms with E-state index in [-0.39, 0.29) is 17.3 Å². The van der Waals surface area contributed by atoms with Crippen molar-refractivity contribution in [2.75, 3.05) is 23.7 Å². The largest absolute Gasteiger partial charge is 0.383 e. The van der Waals surface area contributed by atoms with Crippen LogP contribution in [0.5, 0.6) is 0 Å². The monoisotopic (exact) mass is 348 g/mol. The summed E-state index contributed by atoms with van der Waals surface area (Å²) in [5.41, 5.74) is 0.745. The van der Waals surface area contributed by atoms with Gasteiger partial charge in [-0.05, 0) is 17.1 Å². The number of anilines is 2. The summed E-state index contributed by atoms with van der Waals surface area (Å²) in [6.07, 6.45) is 1.60. The van der Waals surface area contributed by atoms with E-state index < -0.39 is 9.85 Å². The van der Waals surface area contributed by atoms with Crippen LogP contribution in [0.1, 0.15) is 0 Å². The number of fused-ring (bicyclic) bond motifs is 1. The Bertz CT molecular complexity index is 888. The van der Waals surface area contributed by atoms with Gasteiger partial charge < -0.3 is 20.7 Å². The summed E-state index contributed by atoms with van der Waals surface area (Å²) in [5, 5.41) is 29.5. The minimum atomic E-state index is -0.473. The fourth-order valence-electron chi connectivity index (χ4n) is 2.16. The topological polar surface area (TPSA) is 128 Å². The van der Waals surface area contributed by atoms with Crippen LogP contribution in [-0.2, 0) is 0 Å². The molecule has 124 valence electrons. The molecule has 2 aromatic heterocycles. The predicted molar refractivity (Wildman–Crippen MR) is 89.8 cm³/mol. The van der Waals surface area contributed by atoms with Gasteiger partial charge in [0.1, 0.15) is 6.20 Å². The lowest BCUT2D eigenvalue weighted by atomic mass is 10.3. The van der Waals surface area contributed by atoms with Crippen LogP contribution < -0.4 is 10.6 Å². The van der Waals surface area contributed by atoms with Crippen LogP contribution in [0.15, 0.2) is 35.8 Å². The van der Waals surface area contributed by atoms with Gasteiger partial charge in [0.15, 0.2) is 0 Å². The molecule has 24 heavy (non-hydrogen) atoms. The molecule has 0 atom stereocenters. The zero-order valence-corrected chi connectivity index (χ0v) is 13.0. The number of nitro benzene ring substituents is 1. The molecule has 0 saturated heterocycles. The van der Waals surface area contributed by atoms with E-state index in [1.54, 1.807) is 23.7 Å². The molecule has 11 heteroatoms. The normalized spacial score (nSPS) is 10.7. The second-order valence-electron chi connectivity index (χ2n) is 4.75. The molecule has 10 nitrogen and oxygen atoms in total. The third-order valence-electron chi connectivity index (χ3n) is 3.23. The maximum absolute atomic E-state index is 11.2. The van der Waals surface area contributed by atoms with Crippen molar-refractivity contribution in [1.29, 1.82) is 0 Å². The molecule has 0 saturated carbocycles. The Morgan fingerprint density at radius 2 is 1.79 bits per heavy atom. The average molecular weight is 348 g/mol. The highest BCUT2D eigenvalue weighted by molar-refractivity contribution is 7.15. The number of nitrogens with one attached hydrogen (secondary N) is 2. The number of hydrogen-bond acceptors (Lipinski definition) is 8. The number of nitrogens with zero attached hydrogens (tertiary/aromatic N) is 4. The van der Waals surface area contributed by atoms with Crippen molar-refractivity contribution in [3.8, 4) is 0 Å². The fourth-order valence-corrected chi connectivity index (χ4v) is 2.86. The van der Waals surface area contributed by atoms with E-state index >= 15 is 0 Å². The number of aromatic nitrogens is 2. The Morgan fingerprint density at radius 1 is 1.08 bits per heavy atom. The number of non-ortho nitro benzene ring substituents is 1. The Hall–Kier alpha value is -3.21. The van der Waals surface area contributed by atoms with Crippen molar-refractivity contribution in [3.63, 3.8) is 0 Å². The minimum absolute atomic E-state index is 0.0207. The molecule has 0 unspecified atom stereocenters. The summed E-state index contributed by atoms with van der Waals surface area (Å²) in [5.74, 6) is 0.124. The molecule has 0 aliphatic heterocycles. The van der Waals surface area contributed by atoms with Crippen LogP contribution in [0.3, 0.4) is 0 Å². The van der Waals surface area contributed by atoms with Gasteiger partial charge in [0.25, 0.3) is 10.6 Å². The number of thiazole rings is 1. The maximum atomic E-state index is 11.2. The van der Waals surface area contributed by atoms with Crippen molar-refractivity contribution < 1.29 is 9.85 Å². The van der Waals surface area contributed by atoms with Gasteiger partial charge in [-0.3, -0.25) is 10.1 Å². The molecule has 0 radical (unpaired) electrons. The SMILES string of the molecule is O=[N+]([O-])c1ccc(NCCNc2nc3sccn3c2[N+](=O)[O-])cc1. The summed E-state index contributed by atoms with van der Waals surface area (Å²) in [6.45, 7) is 0.878. The van der Waals surface area contributed by atoms with Crippen LogP contribution in [0, 0.1) is 20.2 Å². The first kappa shape index (κ1) is 15.7. The van der Waals surface area contributed by atoms with E-state index in [0.717, 1.165) is 5.69 Å². The van der Waals surface area contributed by atoms with E-state index in [0.29, 0.717) is 18.1 Å². The molecule has 3 aromatic rings. The molecule has 0 bridgehead atoms. The second-order valence-corrected chi connectivity index (χ2v) is 5.63. The molecular formula is C13H12N6O4S. The molecule has 2 N–H and O–H groups in total.